The number of hydrogen-bond donors (Lipinski definition) is 4. The maximum absolute atomic E-state index is 14.1. The molecule has 208 valence electrons. The second-order valence-electron chi connectivity index (χ2n) is 9.25. The highest BCUT2D eigenvalue weighted by atomic mass is 35.5. The van der Waals surface area contributed by atoms with Crippen molar-refractivity contribution in [3.63, 3.8) is 0 Å². The zero-order valence-corrected chi connectivity index (χ0v) is 22.2. The Morgan fingerprint density at radius 2 is 2.05 bits per heavy atom. The highest BCUT2D eigenvalue weighted by Crippen LogP contribution is 2.58. The molecule has 3 aromatic rings. The molecule has 14 heteroatoms. The molecule has 4 heterocycles. The second-order valence-corrected chi connectivity index (χ2v) is 10.4. The molecule has 1 saturated heterocycles. The number of pyridine rings is 1. The fourth-order valence-corrected chi connectivity index (χ4v) is 6.54. The second kappa shape index (κ2) is 10.5. The van der Waals surface area contributed by atoms with E-state index in [4.69, 9.17) is 33.7 Å². The summed E-state index contributed by atoms with van der Waals surface area (Å²) in [5.74, 6) is -4.44. The number of nitrogens with one attached hydrogen (secondary N) is 1. The molecule has 0 aliphatic carbocycles. The van der Waals surface area contributed by atoms with E-state index >= 15 is 0 Å². The van der Waals surface area contributed by atoms with Crippen LogP contribution in [0.5, 0.6) is 0 Å². The largest absolute Gasteiger partial charge is 0.392 e. The Morgan fingerprint density at radius 1 is 1.31 bits per heavy atom. The number of methoxy groups -OCH3 is 1. The molecule has 0 bridgehead atoms. The van der Waals surface area contributed by atoms with Crippen molar-refractivity contribution in [2.75, 3.05) is 26.8 Å². The molecular formula is C25H25ClF3N5O4S. The fourth-order valence-electron chi connectivity index (χ4n) is 5.57. The maximum atomic E-state index is 14.1. The van der Waals surface area contributed by atoms with E-state index in [1.54, 1.807) is 12.1 Å². The maximum Gasteiger partial charge on any atom is 0.194 e. The lowest BCUT2D eigenvalue weighted by Gasteiger charge is -2.61. The van der Waals surface area contributed by atoms with Crippen molar-refractivity contribution >= 4 is 24.2 Å². The van der Waals surface area contributed by atoms with Crippen molar-refractivity contribution < 1.29 is 32.9 Å². The third-order valence-corrected chi connectivity index (χ3v) is 8.22. The van der Waals surface area contributed by atoms with Gasteiger partial charge < -0.3 is 25.0 Å². The number of alkyl halides is 1. The van der Waals surface area contributed by atoms with Gasteiger partial charge in [0.15, 0.2) is 33.7 Å². The molecular weight excluding hydrogens is 559 g/mol. The number of rotatable bonds is 6. The monoisotopic (exact) mass is 583 g/mol. The summed E-state index contributed by atoms with van der Waals surface area (Å²) in [4.78, 5) is 4.23. The summed E-state index contributed by atoms with van der Waals surface area (Å²) in [6.45, 7) is 0.216. The first kappa shape index (κ1) is 28.0. The molecule has 0 radical (unpaired) electrons. The van der Waals surface area contributed by atoms with Gasteiger partial charge in [-0.1, -0.05) is 29.0 Å². The van der Waals surface area contributed by atoms with Crippen molar-refractivity contribution in [3.8, 4) is 11.3 Å². The Morgan fingerprint density at radius 3 is 2.64 bits per heavy atom. The molecule has 2 aliphatic heterocycles. The van der Waals surface area contributed by atoms with Gasteiger partial charge in [0.2, 0.25) is 0 Å². The number of halogens is 4. The Labute approximate surface area is 232 Å². The summed E-state index contributed by atoms with van der Waals surface area (Å²) in [5, 5.41) is 31.9. The average molecular weight is 584 g/mol. The van der Waals surface area contributed by atoms with Gasteiger partial charge in [-0.2, -0.15) is 0 Å². The molecule has 0 saturated carbocycles. The number of aliphatic hydroxyl groups excluding tert-OH is 2. The Hall–Kier alpha value is -2.52. The van der Waals surface area contributed by atoms with Crippen molar-refractivity contribution in [3.05, 3.63) is 77.5 Å². The van der Waals surface area contributed by atoms with E-state index in [1.165, 1.54) is 30.4 Å². The number of hydrogen-bond acceptors (Lipinski definition) is 9. The van der Waals surface area contributed by atoms with Gasteiger partial charge in [-0.25, -0.2) is 17.9 Å². The Balaban J connectivity index is 1.85. The van der Waals surface area contributed by atoms with E-state index in [1.807, 2.05) is 6.08 Å². The number of benzene rings is 1. The van der Waals surface area contributed by atoms with Crippen LogP contribution in [0, 0.1) is 17.5 Å². The topological polar surface area (TPSA) is 115 Å². The summed E-state index contributed by atoms with van der Waals surface area (Å²) < 4.78 is 55.3. The van der Waals surface area contributed by atoms with Gasteiger partial charge in [0.05, 0.1) is 12.8 Å². The van der Waals surface area contributed by atoms with Crippen LogP contribution in [0.3, 0.4) is 0 Å². The minimum Gasteiger partial charge on any atom is -0.392 e. The van der Waals surface area contributed by atoms with Gasteiger partial charge in [0, 0.05) is 37.2 Å². The standard InChI is InChI=1S/C25H25ClF3N5O4S/c1-37-25(15-4-7-30-8-5-15)22(39)38-23(26,13-35)21(36)24(25,16-3-2-6-31-11-16)34-12-19(32-33-34)14-9-17(27)20(29)18(28)10-14/h2-4,6,9-12,21-22,30,35-36,39H,5,7-8,13H2,1H3/t21-,22+,23+,24?,25-/m0/s1. The third-order valence-electron chi connectivity index (χ3n) is 7.34. The number of aromatic nitrogens is 4. The summed E-state index contributed by atoms with van der Waals surface area (Å²) in [6, 6.07) is 4.85. The van der Waals surface area contributed by atoms with Crippen LogP contribution in [0.25, 0.3) is 11.3 Å². The van der Waals surface area contributed by atoms with Crippen LogP contribution in [-0.2, 0) is 15.0 Å². The molecule has 2 aliphatic rings. The minimum atomic E-state index is -2.10. The van der Waals surface area contributed by atoms with Crippen LogP contribution in [0.15, 0.2) is 54.5 Å². The van der Waals surface area contributed by atoms with Crippen LogP contribution < -0.4 is 5.32 Å². The van der Waals surface area contributed by atoms with Crippen molar-refractivity contribution in [1.82, 2.24) is 25.3 Å². The van der Waals surface area contributed by atoms with E-state index in [-0.39, 0.29) is 11.3 Å². The lowest BCUT2D eigenvalue weighted by atomic mass is 9.63. The first-order valence-electron chi connectivity index (χ1n) is 11.9. The highest BCUT2D eigenvalue weighted by molar-refractivity contribution is 7.80. The SMILES string of the molecule is CO[C@@]1(C2=CCNCC2)[C@@H](S)O[C@](Cl)(CO)[C@H](O)C1(c1cccnc1)n1cc(-c2cc(F)c(F)c(F)c2)nn1. The molecule has 2 aromatic heterocycles. The van der Waals surface area contributed by atoms with Crippen molar-refractivity contribution in [2.24, 2.45) is 0 Å². The predicted molar refractivity (Wildman–Crippen MR) is 137 cm³/mol. The lowest BCUT2D eigenvalue weighted by Crippen LogP contribution is -2.78. The molecule has 0 amide bonds. The fraction of sp³-hybridized carbons (Fsp3) is 0.400. The van der Waals surface area contributed by atoms with E-state index in [9.17, 15) is 23.4 Å². The number of thiol groups is 1. The summed E-state index contributed by atoms with van der Waals surface area (Å²) in [7, 11) is 1.41. The molecule has 9 nitrogen and oxygen atoms in total. The number of ether oxygens (including phenoxy) is 2. The van der Waals surface area contributed by atoms with Crippen molar-refractivity contribution in [1.29, 1.82) is 0 Å². The van der Waals surface area contributed by atoms with Crippen molar-refractivity contribution in [2.45, 2.75) is 34.2 Å². The lowest BCUT2D eigenvalue weighted by molar-refractivity contribution is -0.264. The van der Waals surface area contributed by atoms with Crippen LogP contribution in [0.2, 0.25) is 0 Å². The molecule has 3 N–H and O–H groups in total. The highest BCUT2D eigenvalue weighted by Gasteiger charge is 2.73. The van der Waals surface area contributed by atoms with E-state index in [0.717, 1.165) is 12.1 Å². The Bertz CT molecular complexity index is 1380. The van der Waals surface area contributed by atoms with Gasteiger partial charge >= 0.3 is 0 Å². The van der Waals surface area contributed by atoms with Gasteiger partial charge in [0.1, 0.15) is 17.2 Å². The molecule has 1 unspecified atom stereocenters. The van der Waals surface area contributed by atoms with Gasteiger partial charge in [-0.05, 0) is 36.7 Å². The first-order valence-corrected chi connectivity index (χ1v) is 12.8. The predicted octanol–water partition coefficient (Wildman–Crippen LogP) is 2.38. The molecule has 0 spiro atoms. The molecule has 1 aromatic carbocycles. The minimum absolute atomic E-state index is 0.0427. The van der Waals surface area contributed by atoms with Crippen LogP contribution in [0.1, 0.15) is 12.0 Å². The van der Waals surface area contributed by atoms with Crippen LogP contribution >= 0.6 is 24.2 Å². The van der Waals surface area contributed by atoms with Gasteiger partial charge in [-0.15, -0.1) is 17.7 Å². The third kappa shape index (κ3) is 4.10. The summed E-state index contributed by atoms with van der Waals surface area (Å²) in [5.41, 5.74) is -3.79. The normalized spacial score (nSPS) is 31.2. The first-order chi connectivity index (χ1) is 18.7. The van der Waals surface area contributed by atoms with Crippen LogP contribution in [-0.4, -0.2) is 79.2 Å². The number of aliphatic hydroxyl groups is 2. The van der Waals surface area contributed by atoms with E-state index in [2.05, 4.69) is 20.6 Å². The molecule has 39 heavy (non-hydrogen) atoms. The zero-order chi connectivity index (χ0) is 28.0. The van der Waals surface area contributed by atoms with E-state index < -0.39 is 51.8 Å². The van der Waals surface area contributed by atoms with Crippen LogP contribution in [0.4, 0.5) is 13.2 Å². The molecule has 5 rings (SSSR count). The zero-order valence-electron chi connectivity index (χ0n) is 20.6. The van der Waals surface area contributed by atoms with Gasteiger partial charge in [-0.3, -0.25) is 4.98 Å². The summed E-state index contributed by atoms with van der Waals surface area (Å²) >= 11 is 11.4. The molecule has 5 atom stereocenters. The van der Waals surface area contributed by atoms with E-state index in [0.29, 0.717) is 30.6 Å². The Kier molecular flexibility index (Phi) is 7.52. The smallest absolute Gasteiger partial charge is 0.194 e. The van der Waals surface area contributed by atoms with Gasteiger partial charge in [0.25, 0.3) is 0 Å². The quantitative estimate of drug-likeness (QED) is 0.151. The molecule has 1 fully saturated rings. The summed E-state index contributed by atoms with van der Waals surface area (Å²) in [6.07, 6.45) is 4.86. The average Bonchev–Trinajstić information content (AvgIpc) is 3.45. The number of nitrogens with zero attached hydrogens (tertiary/aromatic N) is 4.